The fraction of sp³-hybridized carbons (Fsp3) is 0.333. The summed E-state index contributed by atoms with van der Waals surface area (Å²) in [7, 11) is 0. The van der Waals surface area contributed by atoms with E-state index < -0.39 is 0 Å². The van der Waals surface area contributed by atoms with Gasteiger partial charge in [0.25, 0.3) is 0 Å². The normalized spacial score (nSPS) is 16.9. The Morgan fingerprint density at radius 3 is 2.34 bits per heavy atom. The van der Waals surface area contributed by atoms with Gasteiger partial charge in [-0.05, 0) is 105 Å². The van der Waals surface area contributed by atoms with Gasteiger partial charge in [0.1, 0.15) is 17.3 Å². The van der Waals surface area contributed by atoms with Crippen molar-refractivity contribution in [2.45, 2.75) is 86.0 Å². The molecule has 3 aromatic carbocycles. The van der Waals surface area contributed by atoms with Crippen LogP contribution in [0.1, 0.15) is 100 Å². The van der Waals surface area contributed by atoms with Crippen LogP contribution in [0.25, 0.3) is 33.3 Å². The lowest BCUT2D eigenvalue weighted by Gasteiger charge is -2.30. The van der Waals surface area contributed by atoms with Gasteiger partial charge in [-0.1, -0.05) is 64.5 Å². The maximum absolute atomic E-state index is 6.75. The smallest absolute Gasteiger partial charge is 0.137 e. The summed E-state index contributed by atoms with van der Waals surface area (Å²) in [5, 5.41) is 7.61. The van der Waals surface area contributed by atoms with Crippen LogP contribution in [0.15, 0.2) is 90.6 Å². The van der Waals surface area contributed by atoms with Crippen molar-refractivity contribution in [3.63, 3.8) is 0 Å². The van der Waals surface area contributed by atoms with Crippen LogP contribution in [-0.2, 0) is 0 Å². The summed E-state index contributed by atoms with van der Waals surface area (Å²) in [5.74, 6) is 4.15. The molecule has 1 aliphatic carbocycles. The number of aryl methyl sites for hydroxylation is 2. The van der Waals surface area contributed by atoms with Gasteiger partial charge in [-0.25, -0.2) is 9.67 Å². The molecule has 0 saturated heterocycles. The SMILES string of the molecule is CC1=CCC[C@H](C)C1c1c(C)nn(-c2cc(Oc3ccc4c5ccccc5n(-c5cc(C)ccn5)c4c3)cc(C(C)C)c2)c1C(C)C. The highest BCUT2D eigenvalue weighted by Gasteiger charge is 2.32. The van der Waals surface area contributed by atoms with Gasteiger partial charge in [-0.3, -0.25) is 4.57 Å². The molecule has 47 heavy (non-hydrogen) atoms. The van der Waals surface area contributed by atoms with Gasteiger partial charge >= 0.3 is 0 Å². The average Bonchev–Trinajstić information content (AvgIpc) is 3.55. The molecule has 3 heterocycles. The quantitative estimate of drug-likeness (QED) is 0.166. The minimum Gasteiger partial charge on any atom is -0.457 e. The van der Waals surface area contributed by atoms with Gasteiger partial charge in [-0.2, -0.15) is 5.10 Å². The standard InChI is InChI=1S/C42H46N4O/c1-25(2)31-21-32(46-42(26(3)4)41(30(8)44-46)40-28(6)12-11-13-29(40)7)23-34(22-31)47-33-16-17-36-35-14-9-10-15-37(35)45(38(36)24-33)39-20-27(5)18-19-43-39/h9-10,12,14-26,29,40H,11,13H2,1-8H3/t29-,40?/m0/s1. The molecule has 7 rings (SSSR count). The van der Waals surface area contributed by atoms with Crippen molar-refractivity contribution in [3.05, 3.63) is 119 Å². The molecule has 0 N–H and O–H groups in total. The van der Waals surface area contributed by atoms with E-state index in [1.54, 1.807) is 0 Å². The molecule has 2 atom stereocenters. The van der Waals surface area contributed by atoms with Crippen LogP contribution in [0.4, 0.5) is 0 Å². The number of allylic oxidation sites excluding steroid dienone is 2. The van der Waals surface area contributed by atoms with Crippen molar-refractivity contribution >= 4 is 21.8 Å². The lowest BCUT2D eigenvalue weighted by Crippen LogP contribution is -2.18. The molecular formula is C42H46N4O. The number of fused-ring (bicyclic) bond motifs is 3. The molecular weight excluding hydrogens is 576 g/mol. The van der Waals surface area contributed by atoms with Crippen LogP contribution in [0.5, 0.6) is 11.5 Å². The minimum atomic E-state index is 0.319. The van der Waals surface area contributed by atoms with Gasteiger partial charge in [0.2, 0.25) is 0 Å². The third-order valence-corrected chi connectivity index (χ3v) is 9.99. The summed E-state index contributed by atoms with van der Waals surface area (Å²) in [4.78, 5) is 4.76. The lowest BCUT2D eigenvalue weighted by molar-refractivity contribution is 0.445. The third kappa shape index (κ3) is 5.56. The molecule has 1 unspecified atom stereocenters. The van der Waals surface area contributed by atoms with E-state index in [1.165, 1.54) is 51.6 Å². The zero-order valence-electron chi connectivity index (χ0n) is 29.0. The maximum Gasteiger partial charge on any atom is 0.137 e. The van der Waals surface area contributed by atoms with E-state index in [1.807, 2.05) is 12.3 Å². The number of ether oxygens (including phenoxy) is 1. The zero-order chi connectivity index (χ0) is 33.0. The zero-order valence-corrected chi connectivity index (χ0v) is 29.0. The minimum absolute atomic E-state index is 0.319. The predicted octanol–water partition coefficient (Wildman–Crippen LogP) is 11.5. The van der Waals surface area contributed by atoms with Crippen molar-refractivity contribution < 1.29 is 4.74 Å². The Morgan fingerprint density at radius 2 is 1.60 bits per heavy atom. The summed E-state index contributed by atoms with van der Waals surface area (Å²) in [6, 6.07) is 25.7. The fourth-order valence-electron chi connectivity index (χ4n) is 7.68. The molecule has 5 heteroatoms. The van der Waals surface area contributed by atoms with Crippen LogP contribution in [0.2, 0.25) is 0 Å². The number of hydrogen-bond acceptors (Lipinski definition) is 3. The van der Waals surface area contributed by atoms with Crippen LogP contribution in [0.3, 0.4) is 0 Å². The van der Waals surface area contributed by atoms with Gasteiger partial charge < -0.3 is 4.74 Å². The van der Waals surface area contributed by atoms with Crippen molar-refractivity contribution in [1.29, 1.82) is 0 Å². The topological polar surface area (TPSA) is 44.9 Å². The molecule has 6 aromatic rings. The van der Waals surface area contributed by atoms with Crippen LogP contribution < -0.4 is 4.74 Å². The summed E-state index contributed by atoms with van der Waals surface area (Å²) >= 11 is 0. The Hall–Kier alpha value is -4.64. The Bertz CT molecular complexity index is 2140. The van der Waals surface area contributed by atoms with E-state index in [0.29, 0.717) is 23.7 Å². The van der Waals surface area contributed by atoms with Gasteiger partial charge in [0.15, 0.2) is 0 Å². The first-order valence-corrected chi connectivity index (χ1v) is 17.2. The van der Waals surface area contributed by atoms with Crippen molar-refractivity contribution in [2.75, 3.05) is 0 Å². The van der Waals surface area contributed by atoms with E-state index in [9.17, 15) is 0 Å². The number of nitrogens with zero attached hydrogens (tertiary/aromatic N) is 4. The molecule has 5 nitrogen and oxygen atoms in total. The maximum atomic E-state index is 6.75. The number of rotatable bonds is 7. The van der Waals surface area contributed by atoms with E-state index in [-0.39, 0.29) is 0 Å². The highest BCUT2D eigenvalue weighted by atomic mass is 16.5. The van der Waals surface area contributed by atoms with E-state index in [4.69, 9.17) is 14.8 Å². The van der Waals surface area contributed by atoms with Gasteiger partial charge in [0, 0.05) is 40.6 Å². The molecule has 0 fully saturated rings. The molecule has 1 aliphatic rings. The molecule has 0 amide bonds. The monoisotopic (exact) mass is 622 g/mol. The van der Waals surface area contributed by atoms with Gasteiger partial charge in [-0.15, -0.1) is 0 Å². The fourth-order valence-corrected chi connectivity index (χ4v) is 7.68. The number of benzene rings is 3. The van der Waals surface area contributed by atoms with Crippen molar-refractivity contribution in [1.82, 2.24) is 19.3 Å². The largest absolute Gasteiger partial charge is 0.457 e. The highest BCUT2D eigenvalue weighted by molar-refractivity contribution is 6.09. The first-order chi connectivity index (χ1) is 22.6. The molecule has 0 bridgehead atoms. The second-order valence-corrected chi connectivity index (χ2v) is 14.2. The Kier molecular flexibility index (Phi) is 8.03. The molecule has 0 spiro atoms. The van der Waals surface area contributed by atoms with Crippen LogP contribution >= 0.6 is 0 Å². The Morgan fingerprint density at radius 1 is 0.809 bits per heavy atom. The third-order valence-electron chi connectivity index (χ3n) is 9.99. The number of pyridine rings is 1. The molecule has 0 saturated carbocycles. The second-order valence-electron chi connectivity index (χ2n) is 14.2. The Balaban J connectivity index is 1.35. The molecule has 240 valence electrons. The first-order valence-electron chi connectivity index (χ1n) is 17.2. The number of aromatic nitrogens is 4. The number of hydrogen-bond donors (Lipinski definition) is 0. The molecule has 0 radical (unpaired) electrons. The first kappa shape index (κ1) is 31.0. The Labute approximate surface area is 278 Å². The molecule has 3 aromatic heterocycles. The summed E-state index contributed by atoms with van der Waals surface area (Å²) in [6.45, 7) is 18.1. The second kappa shape index (κ2) is 12.2. The van der Waals surface area contributed by atoms with Gasteiger partial charge in [0.05, 0.1) is 28.1 Å². The average molecular weight is 623 g/mol. The van der Waals surface area contributed by atoms with E-state index >= 15 is 0 Å². The van der Waals surface area contributed by atoms with Crippen LogP contribution in [0, 0.1) is 19.8 Å². The number of para-hydroxylation sites is 1. The lowest BCUT2D eigenvalue weighted by atomic mass is 9.74. The van der Waals surface area contributed by atoms with Crippen LogP contribution in [-0.4, -0.2) is 19.3 Å². The predicted molar refractivity (Wildman–Crippen MR) is 195 cm³/mol. The van der Waals surface area contributed by atoms with E-state index in [0.717, 1.165) is 39.7 Å². The highest BCUT2D eigenvalue weighted by Crippen LogP contribution is 2.44. The van der Waals surface area contributed by atoms with E-state index in [2.05, 4.69) is 137 Å². The molecule has 0 aliphatic heterocycles. The summed E-state index contributed by atoms with van der Waals surface area (Å²) in [5.41, 5.74) is 11.0. The van der Waals surface area contributed by atoms with Crippen molar-refractivity contribution in [3.8, 4) is 23.0 Å². The van der Waals surface area contributed by atoms with Crippen molar-refractivity contribution in [2.24, 2.45) is 5.92 Å². The summed E-state index contributed by atoms with van der Waals surface area (Å²) < 4.78 is 11.2. The summed E-state index contributed by atoms with van der Waals surface area (Å²) in [6.07, 6.45) is 6.69.